The lowest BCUT2D eigenvalue weighted by atomic mass is 10.0. The third-order valence-corrected chi connectivity index (χ3v) is 3.60. The van der Waals surface area contributed by atoms with Crippen LogP contribution in [0.2, 0.25) is 0 Å². The standard InChI is InChI=1S/C14H21N5O2/c1-10-8-11(2-5-16-10)14(20)17-12-3-6-19(7-4-12)9-13(15)18-21/h2,5,8,12,21H,3-4,6-7,9H2,1H3,(H2,15,18)(H,17,20). The molecule has 1 aromatic rings. The number of nitrogens with zero attached hydrogens (tertiary/aromatic N) is 3. The van der Waals surface area contributed by atoms with E-state index in [2.05, 4.69) is 20.4 Å². The Bertz CT molecular complexity index is 524. The first kappa shape index (κ1) is 15.2. The molecule has 2 heterocycles. The fraction of sp³-hybridized carbons (Fsp3) is 0.500. The summed E-state index contributed by atoms with van der Waals surface area (Å²) in [5.74, 6) is 0.153. The Morgan fingerprint density at radius 2 is 2.29 bits per heavy atom. The van der Waals surface area contributed by atoms with Gasteiger partial charge in [0.1, 0.15) is 0 Å². The van der Waals surface area contributed by atoms with Crippen molar-refractivity contribution in [2.75, 3.05) is 19.6 Å². The number of aryl methyl sites for hydroxylation is 1. The minimum absolute atomic E-state index is 0.0598. The highest BCUT2D eigenvalue weighted by Gasteiger charge is 2.21. The van der Waals surface area contributed by atoms with Gasteiger partial charge in [-0.25, -0.2) is 0 Å². The van der Waals surface area contributed by atoms with Gasteiger partial charge < -0.3 is 16.3 Å². The van der Waals surface area contributed by atoms with E-state index in [1.54, 1.807) is 18.3 Å². The summed E-state index contributed by atoms with van der Waals surface area (Å²) in [5, 5.41) is 14.6. The first-order valence-corrected chi connectivity index (χ1v) is 7.00. The van der Waals surface area contributed by atoms with E-state index in [4.69, 9.17) is 10.9 Å². The van der Waals surface area contributed by atoms with Gasteiger partial charge in [0, 0.05) is 36.6 Å². The SMILES string of the molecule is Cc1cc(C(=O)NC2CCN(C/C(N)=N/O)CC2)ccn1. The van der Waals surface area contributed by atoms with Crippen molar-refractivity contribution < 1.29 is 10.0 Å². The summed E-state index contributed by atoms with van der Waals surface area (Å²) < 4.78 is 0. The highest BCUT2D eigenvalue weighted by molar-refractivity contribution is 5.94. The lowest BCUT2D eigenvalue weighted by molar-refractivity contribution is 0.0914. The van der Waals surface area contributed by atoms with Crippen LogP contribution in [0.1, 0.15) is 28.9 Å². The van der Waals surface area contributed by atoms with Crippen LogP contribution >= 0.6 is 0 Å². The summed E-state index contributed by atoms with van der Waals surface area (Å²) in [4.78, 5) is 18.3. The van der Waals surface area contributed by atoms with Gasteiger partial charge in [-0.3, -0.25) is 14.7 Å². The average molecular weight is 291 g/mol. The molecule has 7 nitrogen and oxygen atoms in total. The summed E-state index contributed by atoms with van der Waals surface area (Å²) in [6.45, 7) is 3.95. The number of hydrogen-bond donors (Lipinski definition) is 3. The van der Waals surface area contributed by atoms with E-state index in [0.717, 1.165) is 31.6 Å². The number of pyridine rings is 1. The molecule has 0 atom stereocenters. The van der Waals surface area contributed by atoms with E-state index in [1.807, 2.05) is 6.92 Å². The zero-order chi connectivity index (χ0) is 15.2. The van der Waals surface area contributed by atoms with Crippen LogP contribution in [-0.4, -0.2) is 52.5 Å². The van der Waals surface area contributed by atoms with E-state index < -0.39 is 0 Å². The van der Waals surface area contributed by atoms with Gasteiger partial charge in [-0.15, -0.1) is 0 Å². The Balaban J connectivity index is 1.82. The second-order valence-electron chi connectivity index (χ2n) is 5.30. The quantitative estimate of drug-likeness (QED) is 0.321. The molecule has 0 unspecified atom stereocenters. The maximum Gasteiger partial charge on any atom is 0.251 e. The predicted molar refractivity (Wildman–Crippen MR) is 79.3 cm³/mol. The first-order valence-electron chi connectivity index (χ1n) is 7.00. The number of piperidine rings is 1. The molecular formula is C14H21N5O2. The van der Waals surface area contributed by atoms with Crippen LogP contribution in [0.5, 0.6) is 0 Å². The van der Waals surface area contributed by atoms with Crippen molar-refractivity contribution >= 4 is 11.7 Å². The number of hydrogen-bond acceptors (Lipinski definition) is 5. The Labute approximate surface area is 123 Å². The third-order valence-electron chi connectivity index (χ3n) is 3.60. The fourth-order valence-electron chi connectivity index (χ4n) is 2.45. The van der Waals surface area contributed by atoms with Gasteiger partial charge in [0.05, 0.1) is 6.54 Å². The summed E-state index contributed by atoms with van der Waals surface area (Å²) in [6, 6.07) is 3.66. The Hall–Kier alpha value is -2.15. The van der Waals surface area contributed by atoms with Crippen LogP contribution in [-0.2, 0) is 0 Å². The molecule has 0 radical (unpaired) electrons. The van der Waals surface area contributed by atoms with Gasteiger partial charge in [-0.05, 0) is 31.9 Å². The monoisotopic (exact) mass is 291 g/mol. The number of oxime groups is 1. The molecule has 0 bridgehead atoms. The van der Waals surface area contributed by atoms with Crippen molar-refractivity contribution in [3.63, 3.8) is 0 Å². The lowest BCUT2D eigenvalue weighted by Gasteiger charge is -2.31. The molecule has 21 heavy (non-hydrogen) atoms. The maximum atomic E-state index is 12.1. The summed E-state index contributed by atoms with van der Waals surface area (Å²) in [7, 11) is 0. The van der Waals surface area contributed by atoms with Gasteiger partial charge in [0.25, 0.3) is 5.91 Å². The molecular weight excluding hydrogens is 270 g/mol. The molecule has 114 valence electrons. The molecule has 1 saturated heterocycles. The number of carbonyl (C=O) groups excluding carboxylic acids is 1. The zero-order valence-electron chi connectivity index (χ0n) is 12.1. The number of amidine groups is 1. The van der Waals surface area contributed by atoms with Crippen LogP contribution in [0.4, 0.5) is 0 Å². The van der Waals surface area contributed by atoms with E-state index in [-0.39, 0.29) is 17.8 Å². The Morgan fingerprint density at radius 3 is 2.90 bits per heavy atom. The van der Waals surface area contributed by atoms with Crippen molar-refractivity contribution in [2.24, 2.45) is 10.9 Å². The normalized spacial score (nSPS) is 17.7. The minimum Gasteiger partial charge on any atom is -0.409 e. The van der Waals surface area contributed by atoms with Crippen LogP contribution in [0.25, 0.3) is 0 Å². The summed E-state index contributed by atoms with van der Waals surface area (Å²) >= 11 is 0. The van der Waals surface area contributed by atoms with E-state index in [0.29, 0.717) is 12.1 Å². The molecule has 4 N–H and O–H groups in total. The molecule has 1 aliphatic rings. The Morgan fingerprint density at radius 1 is 1.57 bits per heavy atom. The molecule has 7 heteroatoms. The molecule has 1 fully saturated rings. The Kier molecular flexibility index (Phi) is 5.10. The molecule has 0 aromatic carbocycles. The van der Waals surface area contributed by atoms with Crippen LogP contribution in [0.15, 0.2) is 23.5 Å². The lowest BCUT2D eigenvalue weighted by Crippen LogP contribution is -2.46. The van der Waals surface area contributed by atoms with E-state index >= 15 is 0 Å². The van der Waals surface area contributed by atoms with Crippen LogP contribution in [0, 0.1) is 6.92 Å². The smallest absolute Gasteiger partial charge is 0.251 e. The highest BCUT2D eigenvalue weighted by Crippen LogP contribution is 2.11. The van der Waals surface area contributed by atoms with Crippen molar-refractivity contribution in [1.82, 2.24) is 15.2 Å². The van der Waals surface area contributed by atoms with E-state index in [1.165, 1.54) is 0 Å². The molecule has 0 aliphatic carbocycles. The van der Waals surface area contributed by atoms with Gasteiger partial charge in [-0.2, -0.15) is 0 Å². The molecule has 1 amide bonds. The van der Waals surface area contributed by atoms with Crippen LogP contribution in [0.3, 0.4) is 0 Å². The summed E-state index contributed by atoms with van der Waals surface area (Å²) in [6.07, 6.45) is 3.35. The van der Waals surface area contributed by atoms with Crippen molar-refractivity contribution in [2.45, 2.75) is 25.8 Å². The largest absolute Gasteiger partial charge is 0.409 e. The molecule has 1 aromatic heterocycles. The van der Waals surface area contributed by atoms with Crippen molar-refractivity contribution in [3.8, 4) is 0 Å². The topological polar surface area (TPSA) is 104 Å². The average Bonchev–Trinajstić information content (AvgIpc) is 2.49. The number of nitrogens with two attached hydrogens (primary N) is 1. The highest BCUT2D eigenvalue weighted by atomic mass is 16.4. The van der Waals surface area contributed by atoms with Crippen molar-refractivity contribution in [3.05, 3.63) is 29.6 Å². The van der Waals surface area contributed by atoms with Gasteiger partial charge in [0.2, 0.25) is 0 Å². The van der Waals surface area contributed by atoms with Gasteiger partial charge in [-0.1, -0.05) is 5.16 Å². The zero-order valence-corrected chi connectivity index (χ0v) is 12.1. The summed E-state index contributed by atoms with van der Waals surface area (Å²) in [5.41, 5.74) is 6.96. The second-order valence-corrected chi connectivity index (χ2v) is 5.30. The predicted octanol–water partition coefficient (Wildman–Crippen LogP) is 0.331. The number of carbonyl (C=O) groups is 1. The first-order chi connectivity index (χ1) is 10.1. The van der Waals surface area contributed by atoms with Crippen LogP contribution < -0.4 is 11.1 Å². The minimum atomic E-state index is -0.0598. The maximum absolute atomic E-state index is 12.1. The van der Waals surface area contributed by atoms with Crippen molar-refractivity contribution in [1.29, 1.82) is 0 Å². The number of likely N-dealkylation sites (tertiary alicyclic amines) is 1. The number of aromatic nitrogens is 1. The molecule has 0 saturated carbocycles. The molecule has 1 aliphatic heterocycles. The molecule has 0 spiro atoms. The number of rotatable bonds is 4. The number of amides is 1. The third kappa shape index (κ3) is 4.42. The van der Waals surface area contributed by atoms with E-state index in [9.17, 15) is 4.79 Å². The molecule has 2 rings (SSSR count). The van der Waals surface area contributed by atoms with Gasteiger partial charge >= 0.3 is 0 Å². The second kappa shape index (κ2) is 7.03. The number of nitrogens with one attached hydrogen (secondary N) is 1. The van der Waals surface area contributed by atoms with Gasteiger partial charge in [0.15, 0.2) is 5.84 Å². The fourth-order valence-corrected chi connectivity index (χ4v) is 2.45.